The summed E-state index contributed by atoms with van der Waals surface area (Å²) in [5, 5.41) is 0. The molecule has 3 rings (SSSR count). The fourth-order valence-corrected chi connectivity index (χ4v) is 4.22. The topological polar surface area (TPSA) is 46.3 Å². The van der Waals surface area contributed by atoms with Crippen LogP contribution in [0.25, 0.3) is 0 Å². The minimum absolute atomic E-state index is 0.0369. The van der Waals surface area contributed by atoms with Crippen LogP contribution < -0.4 is 5.73 Å². The van der Waals surface area contributed by atoms with Gasteiger partial charge in [0.15, 0.2) is 0 Å². The molecule has 1 aliphatic heterocycles. The van der Waals surface area contributed by atoms with Gasteiger partial charge in [0, 0.05) is 25.0 Å². The Morgan fingerprint density at radius 2 is 1.74 bits per heavy atom. The highest BCUT2D eigenvalue weighted by atomic mass is 16.2. The zero-order valence-electron chi connectivity index (χ0n) is 14.5. The molecule has 23 heavy (non-hydrogen) atoms. The van der Waals surface area contributed by atoms with E-state index in [2.05, 4.69) is 49.1 Å². The van der Waals surface area contributed by atoms with Crippen molar-refractivity contribution >= 4 is 5.91 Å². The van der Waals surface area contributed by atoms with E-state index < -0.39 is 0 Å². The van der Waals surface area contributed by atoms with Crippen molar-refractivity contribution in [2.45, 2.75) is 57.9 Å². The molecule has 1 saturated carbocycles. The van der Waals surface area contributed by atoms with Gasteiger partial charge in [-0.15, -0.1) is 0 Å². The van der Waals surface area contributed by atoms with Crippen molar-refractivity contribution in [3.63, 3.8) is 0 Å². The summed E-state index contributed by atoms with van der Waals surface area (Å²) < 4.78 is 0. The van der Waals surface area contributed by atoms with E-state index in [4.69, 9.17) is 5.73 Å². The Morgan fingerprint density at radius 3 is 2.35 bits per heavy atom. The Balaban J connectivity index is 1.56. The quantitative estimate of drug-likeness (QED) is 0.907. The van der Waals surface area contributed by atoms with E-state index in [1.54, 1.807) is 0 Å². The number of likely N-dealkylation sites (tertiary alicyclic amines) is 1. The lowest BCUT2D eigenvalue weighted by Crippen LogP contribution is -2.55. The van der Waals surface area contributed by atoms with Gasteiger partial charge in [0.1, 0.15) is 0 Å². The Bertz CT molecular complexity index is 532. The van der Waals surface area contributed by atoms with E-state index in [-0.39, 0.29) is 17.4 Å². The number of nitrogens with zero attached hydrogens (tertiary/aromatic N) is 1. The Kier molecular flexibility index (Phi) is 4.77. The van der Waals surface area contributed by atoms with Crippen molar-refractivity contribution in [2.75, 3.05) is 13.1 Å². The summed E-state index contributed by atoms with van der Waals surface area (Å²) in [6, 6.07) is 11.0. The molecule has 2 aliphatic rings. The zero-order valence-corrected chi connectivity index (χ0v) is 14.5. The van der Waals surface area contributed by atoms with Crippen LogP contribution in [0.3, 0.4) is 0 Å². The monoisotopic (exact) mass is 314 g/mol. The highest BCUT2D eigenvalue weighted by Gasteiger charge is 2.38. The standard InChI is InChI=1S/C20H30N2O/c1-20(2)14-22(13-12-18(20)21)19(23)17-10-8-16(9-11-17)15-6-4-3-5-7-15/h3-7,16-18H,8-14,21H2,1-2H3. The first-order valence-electron chi connectivity index (χ1n) is 9.07. The van der Waals surface area contributed by atoms with Gasteiger partial charge in [0.25, 0.3) is 0 Å². The van der Waals surface area contributed by atoms with Gasteiger partial charge in [-0.05, 0) is 49.0 Å². The van der Waals surface area contributed by atoms with Crippen molar-refractivity contribution in [3.05, 3.63) is 35.9 Å². The van der Waals surface area contributed by atoms with E-state index in [9.17, 15) is 4.79 Å². The second-order valence-corrected chi connectivity index (χ2v) is 8.10. The van der Waals surface area contributed by atoms with Gasteiger partial charge < -0.3 is 10.6 Å². The molecule has 0 spiro atoms. The number of nitrogens with two attached hydrogens (primary N) is 1. The van der Waals surface area contributed by atoms with Crippen LogP contribution in [-0.2, 0) is 4.79 Å². The maximum atomic E-state index is 12.9. The zero-order chi connectivity index (χ0) is 16.4. The minimum atomic E-state index is 0.0369. The molecule has 1 atom stereocenters. The van der Waals surface area contributed by atoms with Gasteiger partial charge in [-0.1, -0.05) is 44.2 Å². The number of amides is 1. The van der Waals surface area contributed by atoms with Crippen LogP contribution >= 0.6 is 0 Å². The van der Waals surface area contributed by atoms with Crippen molar-refractivity contribution in [3.8, 4) is 0 Å². The van der Waals surface area contributed by atoms with Gasteiger partial charge in [0.05, 0.1) is 0 Å². The van der Waals surface area contributed by atoms with Crippen LogP contribution in [0.15, 0.2) is 30.3 Å². The fraction of sp³-hybridized carbons (Fsp3) is 0.650. The van der Waals surface area contributed by atoms with Crippen LogP contribution in [0, 0.1) is 11.3 Å². The second kappa shape index (κ2) is 6.64. The van der Waals surface area contributed by atoms with Crippen LogP contribution in [-0.4, -0.2) is 29.9 Å². The predicted octanol–water partition coefficient (Wildman–Crippen LogP) is 3.55. The van der Waals surface area contributed by atoms with Crippen molar-refractivity contribution in [1.82, 2.24) is 4.90 Å². The average molecular weight is 314 g/mol. The molecule has 1 heterocycles. The molecule has 3 heteroatoms. The Hall–Kier alpha value is -1.35. The summed E-state index contributed by atoms with van der Waals surface area (Å²) in [6.45, 7) is 6.01. The molecule has 0 bridgehead atoms. The normalized spacial score (nSPS) is 30.9. The SMILES string of the molecule is CC1(C)CN(C(=O)C2CCC(c3ccccc3)CC2)CCC1N. The van der Waals surface area contributed by atoms with Gasteiger partial charge in [-0.2, -0.15) is 0 Å². The second-order valence-electron chi connectivity index (χ2n) is 8.10. The lowest BCUT2D eigenvalue weighted by atomic mass is 9.76. The number of hydrogen-bond donors (Lipinski definition) is 1. The number of benzene rings is 1. The lowest BCUT2D eigenvalue weighted by molar-refractivity contribution is -0.140. The maximum Gasteiger partial charge on any atom is 0.225 e. The molecule has 0 radical (unpaired) electrons. The van der Waals surface area contributed by atoms with Gasteiger partial charge in [-0.25, -0.2) is 0 Å². The van der Waals surface area contributed by atoms with Crippen molar-refractivity contribution in [1.29, 1.82) is 0 Å². The highest BCUT2D eigenvalue weighted by Crippen LogP contribution is 2.37. The van der Waals surface area contributed by atoms with Crippen LogP contribution in [0.1, 0.15) is 57.4 Å². The molecule has 1 aromatic carbocycles. The van der Waals surface area contributed by atoms with E-state index in [0.717, 1.165) is 45.2 Å². The molecular formula is C20H30N2O. The summed E-state index contributed by atoms with van der Waals surface area (Å²) >= 11 is 0. The lowest BCUT2D eigenvalue weighted by Gasteiger charge is -2.44. The number of carbonyl (C=O) groups is 1. The number of carbonyl (C=O) groups excluding carboxylic acids is 1. The molecule has 1 amide bonds. The first-order chi connectivity index (χ1) is 11.0. The molecule has 2 fully saturated rings. The Morgan fingerprint density at radius 1 is 1.09 bits per heavy atom. The molecule has 0 aromatic heterocycles. The smallest absolute Gasteiger partial charge is 0.225 e. The molecule has 1 aliphatic carbocycles. The predicted molar refractivity (Wildman–Crippen MR) is 94.1 cm³/mol. The Labute approximate surface area is 140 Å². The number of rotatable bonds is 2. The molecule has 2 N–H and O–H groups in total. The summed E-state index contributed by atoms with van der Waals surface area (Å²) in [4.78, 5) is 15.0. The van der Waals surface area contributed by atoms with Crippen LogP contribution in [0.5, 0.6) is 0 Å². The molecule has 1 aromatic rings. The molecular weight excluding hydrogens is 284 g/mol. The summed E-state index contributed by atoms with van der Waals surface area (Å²) in [7, 11) is 0. The van der Waals surface area contributed by atoms with E-state index in [0.29, 0.717) is 11.8 Å². The van der Waals surface area contributed by atoms with Crippen molar-refractivity contribution in [2.24, 2.45) is 17.1 Å². The summed E-state index contributed by atoms with van der Waals surface area (Å²) in [5.74, 6) is 1.23. The third-order valence-corrected chi connectivity index (χ3v) is 5.97. The summed E-state index contributed by atoms with van der Waals surface area (Å²) in [6.07, 6.45) is 5.26. The largest absolute Gasteiger partial charge is 0.342 e. The van der Waals surface area contributed by atoms with Crippen molar-refractivity contribution < 1.29 is 4.79 Å². The highest BCUT2D eigenvalue weighted by molar-refractivity contribution is 5.79. The third kappa shape index (κ3) is 3.60. The average Bonchev–Trinajstić information content (AvgIpc) is 2.57. The van der Waals surface area contributed by atoms with Crippen LogP contribution in [0.4, 0.5) is 0 Å². The fourth-order valence-electron chi connectivity index (χ4n) is 4.22. The molecule has 1 saturated heterocycles. The first-order valence-corrected chi connectivity index (χ1v) is 9.07. The maximum absolute atomic E-state index is 12.9. The minimum Gasteiger partial charge on any atom is -0.342 e. The van der Waals surface area contributed by atoms with E-state index in [1.807, 2.05) is 0 Å². The van der Waals surface area contributed by atoms with Gasteiger partial charge >= 0.3 is 0 Å². The van der Waals surface area contributed by atoms with Gasteiger partial charge in [-0.3, -0.25) is 4.79 Å². The third-order valence-electron chi connectivity index (χ3n) is 5.97. The number of piperidine rings is 1. The van der Waals surface area contributed by atoms with E-state index >= 15 is 0 Å². The first kappa shape index (κ1) is 16.5. The molecule has 3 nitrogen and oxygen atoms in total. The molecule has 126 valence electrons. The van der Waals surface area contributed by atoms with E-state index in [1.165, 1.54) is 5.56 Å². The molecule has 1 unspecified atom stereocenters. The van der Waals surface area contributed by atoms with Gasteiger partial charge in [0.2, 0.25) is 5.91 Å². The number of hydrogen-bond acceptors (Lipinski definition) is 2. The van der Waals surface area contributed by atoms with Crippen LogP contribution in [0.2, 0.25) is 0 Å². The summed E-state index contributed by atoms with van der Waals surface area (Å²) in [5.41, 5.74) is 7.67.